The Balaban J connectivity index is 1.56. The van der Waals surface area contributed by atoms with Crippen LogP contribution >= 0.6 is 11.5 Å². The maximum absolute atomic E-state index is 13.1. The van der Waals surface area contributed by atoms with Crippen LogP contribution in [0.15, 0.2) is 18.5 Å². The predicted octanol–water partition coefficient (Wildman–Crippen LogP) is 1.70. The molecule has 3 heterocycles. The zero-order chi connectivity index (χ0) is 13.9. The van der Waals surface area contributed by atoms with E-state index in [0.717, 1.165) is 49.2 Å². The van der Waals surface area contributed by atoms with E-state index in [9.17, 15) is 4.39 Å². The molecule has 5 nitrogen and oxygen atoms in total. The average Bonchev–Trinajstić information content (AvgIpc) is 2.86. The zero-order valence-corrected chi connectivity index (χ0v) is 12.1. The van der Waals surface area contributed by atoms with Crippen LogP contribution < -0.4 is 4.90 Å². The highest BCUT2D eigenvalue weighted by molar-refractivity contribution is 7.09. The number of halogens is 1. The molecule has 20 heavy (non-hydrogen) atoms. The highest BCUT2D eigenvalue weighted by atomic mass is 32.1. The first kappa shape index (κ1) is 13.4. The third-order valence-electron chi connectivity index (χ3n) is 3.33. The predicted molar refractivity (Wildman–Crippen MR) is 76.3 cm³/mol. The SMILES string of the molecule is Cc1nsc(N2CCN(Cc3cncc(F)c3)CC2)n1. The van der Waals surface area contributed by atoms with Crippen molar-refractivity contribution >= 4 is 16.7 Å². The Kier molecular flexibility index (Phi) is 3.88. The molecule has 3 rings (SSSR count). The lowest BCUT2D eigenvalue weighted by Crippen LogP contribution is -2.46. The van der Waals surface area contributed by atoms with E-state index in [-0.39, 0.29) is 5.82 Å². The summed E-state index contributed by atoms with van der Waals surface area (Å²) in [5, 5.41) is 0.995. The van der Waals surface area contributed by atoms with Gasteiger partial charge in [0.05, 0.1) is 6.20 Å². The molecule has 0 N–H and O–H groups in total. The van der Waals surface area contributed by atoms with E-state index in [1.54, 1.807) is 12.3 Å². The van der Waals surface area contributed by atoms with Gasteiger partial charge in [-0.2, -0.15) is 4.37 Å². The summed E-state index contributed by atoms with van der Waals surface area (Å²) in [6, 6.07) is 1.55. The normalized spacial score (nSPS) is 16.6. The fourth-order valence-electron chi connectivity index (χ4n) is 2.31. The molecule has 0 radical (unpaired) electrons. The van der Waals surface area contributed by atoms with Crippen LogP contribution in [0.3, 0.4) is 0 Å². The minimum atomic E-state index is -0.273. The van der Waals surface area contributed by atoms with Gasteiger partial charge >= 0.3 is 0 Å². The number of pyridine rings is 1. The molecule has 1 fully saturated rings. The molecular weight excluding hydrogens is 277 g/mol. The highest BCUT2D eigenvalue weighted by Crippen LogP contribution is 2.19. The molecule has 7 heteroatoms. The number of rotatable bonds is 3. The number of anilines is 1. The van der Waals surface area contributed by atoms with Crippen molar-refractivity contribution in [2.75, 3.05) is 31.1 Å². The van der Waals surface area contributed by atoms with Crippen molar-refractivity contribution in [3.8, 4) is 0 Å². The first-order valence-electron chi connectivity index (χ1n) is 6.58. The summed E-state index contributed by atoms with van der Waals surface area (Å²) in [6.45, 7) is 6.39. The molecule has 0 unspecified atom stereocenters. The van der Waals surface area contributed by atoms with Gasteiger partial charge < -0.3 is 4.90 Å². The van der Waals surface area contributed by atoms with Gasteiger partial charge in [-0.3, -0.25) is 9.88 Å². The minimum Gasteiger partial charge on any atom is -0.344 e. The fraction of sp³-hybridized carbons (Fsp3) is 0.462. The molecule has 2 aromatic heterocycles. The number of piperazine rings is 1. The Morgan fingerprint density at radius 2 is 2.05 bits per heavy atom. The largest absolute Gasteiger partial charge is 0.344 e. The second-order valence-corrected chi connectivity index (χ2v) is 5.63. The monoisotopic (exact) mass is 293 g/mol. The van der Waals surface area contributed by atoms with Crippen molar-refractivity contribution < 1.29 is 4.39 Å². The summed E-state index contributed by atoms with van der Waals surface area (Å²) in [4.78, 5) is 12.9. The second kappa shape index (κ2) is 5.80. The zero-order valence-electron chi connectivity index (χ0n) is 11.3. The number of nitrogens with zero attached hydrogens (tertiary/aromatic N) is 5. The van der Waals surface area contributed by atoms with Crippen LogP contribution in [0.25, 0.3) is 0 Å². The smallest absolute Gasteiger partial charge is 0.205 e. The fourth-order valence-corrected chi connectivity index (χ4v) is 3.04. The molecule has 0 aromatic carbocycles. The van der Waals surface area contributed by atoms with E-state index in [1.807, 2.05) is 6.92 Å². The third-order valence-corrected chi connectivity index (χ3v) is 4.20. The Hall–Kier alpha value is -1.60. The van der Waals surface area contributed by atoms with E-state index in [4.69, 9.17) is 0 Å². The van der Waals surface area contributed by atoms with Crippen LogP contribution in [0.2, 0.25) is 0 Å². The molecular formula is C13H16FN5S. The van der Waals surface area contributed by atoms with E-state index >= 15 is 0 Å². The molecule has 106 valence electrons. The second-order valence-electron chi connectivity index (χ2n) is 4.90. The molecule has 0 aliphatic carbocycles. The molecule has 0 bridgehead atoms. The Labute approximate surface area is 121 Å². The molecule has 0 spiro atoms. The van der Waals surface area contributed by atoms with Crippen molar-refractivity contribution in [1.82, 2.24) is 19.2 Å². The van der Waals surface area contributed by atoms with E-state index in [2.05, 4.69) is 24.1 Å². The van der Waals surface area contributed by atoms with Crippen LogP contribution in [-0.4, -0.2) is 45.4 Å². The van der Waals surface area contributed by atoms with Gasteiger partial charge in [-0.15, -0.1) is 0 Å². The minimum absolute atomic E-state index is 0.273. The lowest BCUT2D eigenvalue weighted by Gasteiger charge is -2.34. The van der Waals surface area contributed by atoms with Crippen LogP contribution in [0.5, 0.6) is 0 Å². The number of hydrogen-bond acceptors (Lipinski definition) is 6. The third kappa shape index (κ3) is 3.10. The van der Waals surface area contributed by atoms with E-state index in [0.29, 0.717) is 0 Å². The molecule has 0 atom stereocenters. The highest BCUT2D eigenvalue weighted by Gasteiger charge is 2.19. The lowest BCUT2D eigenvalue weighted by molar-refractivity contribution is 0.249. The van der Waals surface area contributed by atoms with Crippen LogP contribution in [0.4, 0.5) is 9.52 Å². The van der Waals surface area contributed by atoms with Gasteiger partial charge in [0.15, 0.2) is 0 Å². The quantitative estimate of drug-likeness (QED) is 0.862. The van der Waals surface area contributed by atoms with Gasteiger partial charge in [0.25, 0.3) is 0 Å². The summed E-state index contributed by atoms with van der Waals surface area (Å²) in [6.07, 6.45) is 2.96. The molecule has 0 saturated carbocycles. The standard InChI is InChI=1S/C13H16FN5S/c1-10-16-13(20-17-10)19-4-2-18(3-5-19)9-11-6-12(14)8-15-7-11/h6-8H,2-5,9H2,1H3. The number of aryl methyl sites for hydroxylation is 1. The maximum Gasteiger partial charge on any atom is 0.205 e. The van der Waals surface area contributed by atoms with Crippen LogP contribution in [-0.2, 0) is 6.54 Å². The molecule has 1 saturated heterocycles. The molecule has 1 aliphatic heterocycles. The first-order chi connectivity index (χ1) is 9.70. The Morgan fingerprint density at radius 3 is 2.70 bits per heavy atom. The molecule has 0 amide bonds. The van der Waals surface area contributed by atoms with Crippen LogP contribution in [0, 0.1) is 12.7 Å². The number of hydrogen-bond donors (Lipinski definition) is 0. The summed E-state index contributed by atoms with van der Waals surface area (Å²) in [5.41, 5.74) is 0.921. The average molecular weight is 293 g/mol. The van der Waals surface area contributed by atoms with Gasteiger partial charge in [-0.1, -0.05) is 0 Å². The van der Waals surface area contributed by atoms with E-state index in [1.165, 1.54) is 17.7 Å². The Morgan fingerprint density at radius 1 is 1.25 bits per heavy atom. The molecule has 2 aromatic rings. The topological polar surface area (TPSA) is 45.2 Å². The van der Waals surface area contributed by atoms with Crippen molar-refractivity contribution in [2.45, 2.75) is 13.5 Å². The van der Waals surface area contributed by atoms with Crippen LogP contribution in [0.1, 0.15) is 11.4 Å². The van der Waals surface area contributed by atoms with Crippen molar-refractivity contribution in [1.29, 1.82) is 0 Å². The van der Waals surface area contributed by atoms with Crippen molar-refractivity contribution in [3.63, 3.8) is 0 Å². The van der Waals surface area contributed by atoms with Gasteiger partial charge in [0, 0.05) is 50.5 Å². The lowest BCUT2D eigenvalue weighted by atomic mass is 10.2. The number of aromatic nitrogens is 3. The summed E-state index contributed by atoms with van der Waals surface area (Å²) in [5.74, 6) is 0.559. The Bertz CT molecular complexity index is 580. The summed E-state index contributed by atoms with van der Waals surface area (Å²) >= 11 is 1.45. The van der Waals surface area contributed by atoms with Gasteiger partial charge in [0.1, 0.15) is 11.6 Å². The van der Waals surface area contributed by atoms with Gasteiger partial charge in [-0.25, -0.2) is 9.37 Å². The summed E-state index contributed by atoms with van der Waals surface area (Å²) < 4.78 is 17.3. The van der Waals surface area contributed by atoms with E-state index < -0.39 is 0 Å². The van der Waals surface area contributed by atoms with Crippen molar-refractivity contribution in [3.05, 3.63) is 35.7 Å². The first-order valence-corrected chi connectivity index (χ1v) is 7.35. The van der Waals surface area contributed by atoms with Gasteiger partial charge in [0.2, 0.25) is 5.13 Å². The maximum atomic E-state index is 13.1. The van der Waals surface area contributed by atoms with Gasteiger partial charge in [-0.05, 0) is 18.6 Å². The molecule has 1 aliphatic rings. The van der Waals surface area contributed by atoms with Crippen molar-refractivity contribution in [2.24, 2.45) is 0 Å². The summed E-state index contributed by atoms with van der Waals surface area (Å²) in [7, 11) is 0.